The number of carbonyl (C=O) groups is 3. The van der Waals surface area contributed by atoms with Gasteiger partial charge in [-0.05, 0) is 38.5 Å². The van der Waals surface area contributed by atoms with Gasteiger partial charge >= 0.3 is 0 Å². The molecule has 1 aromatic heterocycles. The number of hydrogen-bond acceptors (Lipinski definition) is 7. The summed E-state index contributed by atoms with van der Waals surface area (Å²) in [6, 6.07) is -2.23. The zero-order valence-electron chi connectivity index (χ0n) is 21.8. The van der Waals surface area contributed by atoms with Crippen molar-refractivity contribution in [2.75, 3.05) is 13.7 Å². The van der Waals surface area contributed by atoms with Crippen LogP contribution in [0.5, 0.6) is 0 Å². The van der Waals surface area contributed by atoms with E-state index in [0.717, 1.165) is 18.5 Å². The number of nitrogens with two attached hydrogens (primary N) is 1. The van der Waals surface area contributed by atoms with Crippen LogP contribution < -0.4 is 21.7 Å². The van der Waals surface area contributed by atoms with Crippen molar-refractivity contribution in [3.63, 3.8) is 0 Å². The molecule has 11 heteroatoms. The highest BCUT2D eigenvalue weighted by molar-refractivity contribution is 5.92. The molecule has 0 fully saturated rings. The number of allylic oxidation sites excluding steroid dienone is 2. The smallest absolute Gasteiger partial charge is 0.243 e. The molecule has 0 bridgehead atoms. The van der Waals surface area contributed by atoms with Gasteiger partial charge < -0.3 is 26.4 Å². The maximum Gasteiger partial charge on any atom is 0.243 e. The molecule has 36 heavy (non-hydrogen) atoms. The number of amides is 3. The third-order valence-electron chi connectivity index (χ3n) is 5.80. The van der Waals surface area contributed by atoms with Gasteiger partial charge in [-0.2, -0.15) is 0 Å². The van der Waals surface area contributed by atoms with Crippen LogP contribution in [-0.2, 0) is 32.3 Å². The Kier molecular flexibility index (Phi) is 12.3. The van der Waals surface area contributed by atoms with E-state index in [-0.39, 0.29) is 23.7 Å². The van der Waals surface area contributed by atoms with Gasteiger partial charge in [-0.3, -0.25) is 19.1 Å². The van der Waals surface area contributed by atoms with Crippen molar-refractivity contribution in [3.8, 4) is 0 Å². The highest BCUT2D eigenvalue weighted by Gasteiger charge is 2.27. The number of ether oxygens (including phenoxy) is 1. The predicted octanol–water partition coefficient (Wildman–Crippen LogP) is 0.816. The molecule has 200 valence electrons. The van der Waals surface area contributed by atoms with E-state index in [9.17, 15) is 14.4 Å². The van der Waals surface area contributed by atoms with E-state index >= 15 is 0 Å². The molecule has 1 aromatic rings. The molecule has 1 aliphatic rings. The Bertz CT molecular complexity index is 900. The van der Waals surface area contributed by atoms with E-state index in [1.807, 2.05) is 44.3 Å². The summed E-state index contributed by atoms with van der Waals surface area (Å²) in [4.78, 5) is 38.0. The van der Waals surface area contributed by atoms with Gasteiger partial charge in [0.1, 0.15) is 17.8 Å². The first-order valence-electron chi connectivity index (χ1n) is 12.6. The molecule has 0 saturated heterocycles. The molecule has 0 aromatic carbocycles. The highest BCUT2D eigenvalue weighted by Crippen LogP contribution is 2.09. The number of methoxy groups -OCH3 is 1. The van der Waals surface area contributed by atoms with Crippen molar-refractivity contribution >= 4 is 17.7 Å². The van der Waals surface area contributed by atoms with E-state index < -0.39 is 24.0 Å². The molecule has 1 heterocycles. The number of nitrogens with one attached hydrogen (secondary N) is 3. The molecule has 2 rings (SSSR count). The van der Waals surface area contributed by atoms with Crippen LogP contribution in [0.3, 0.4) is 0 Å². The fourth-order valence-electron chi connectivity index (χ4n) is 3.78. The van der Waals surface area contributed by atoms with Crippen molar-refractivity contribution in [1.29, 1.82) is 0 Å². The van der Waals surface area contributed by atoms with Crippen LogP contribution in [0.15, 0.2) is 30.5 Å². The summed E-state index contributed by atoms with van der Waals surface area (Å²) in [5.41, 5.74) is 6.86. The second-order valence-corrected chi connectivity index (χ2v) is 9.61. The van der Waals surface area contributed by atoms with Gasteiger partial charge in [0, 0.05) is 26.1 Å². The predicted molar refractivity (Wildman–Crippen MR) is 136 cm³/mol. The normalized spacial score (nSPS) is 15.6. The van der Waals surface area contributed by atoms with Crippen LogP contribution in [0, 0.1) is 11.8 Å². The van der Waals surface area contributed by atoms with Crippen LogP contribution in [0.4, 0.5) is 0 Å². The Labute approximate surface area is 213 Å². The van der Waals surface area contributed by atoms with E-state index in [0.29, 0.717) is 32.5 Å². The summed E-state index contributed by atoms with van der Waals surface area (Å²) >= 11 is 0. The quantitative estimate of drug-likeness (QED) is 0.244. The summed E-state index contributed by atoms with van der Waals surface area (Å²) in [6.45, 7) is 7.10. The van der Waals surface area contributed by atoms with Crippen LogP contribution in [0.2, 0.25) is 0 Å². The van der Waals surface area contributed by atoms with Crippen LogP contribution in [-0.4, -0.2) is 64.5 Å². The lowest BCUT2D eigenvalue weighted by Gasteiger charge is -2.24. The number of nitrogens with zero attached hydrogens (tertiary/aromatic N) is 3. The summed E-state index contributed by atoms with van der Waals surface area (Å²) in [5, 5.41) is 16.4. The number of carbonyl (C=O) groups excluding carboxylic acids is 3. The maximum absolute atomic E-state index is 12.9. The standard InChI is InChI=1S/C25H41N7O4/c1-17(2)13-22(25(35)28-18(3)23(33)27-14-19-9-5-6-10-19)29-24(34)21(26)11-7-8-12-32-15-20(16-36-4)30-31-32/h5-6,9-10,15,17-19,21-22H,7-8,11-14,16,26H2,1-4H3,(H,27,33)(H,28,35)(H,29,34)/t18-,21-,22-/m0/s1. The average Bonchev–Trinajstić information content (AvgIpc) is 3.51. The van der Waals surface area contributed by atoms with E-state index in [1.54, 1.807) is 18.7 Å². The van der Waals surface area contributed by atoms with Gasteiger partial charge in [-0.15, -0.1) is 5.10 Å². The molecular weight excluding hydrogens is 462 g/mol. The molecule has 3 atom stereocenters. The zero-order chi connectivity index (χ0) is 26.5. The Morgan fingerprint density at radius 2 is 1.81 bits per heavy atom. The minimum atomic E-state index is -0.770. The number of aryl methyl sites for hydroxylation is 1. The van der Waals surface area contributed by atoms with Crippen LogP contribution in [0.1, 0.15) is 52.1 Å². The maximum atomic E-state index is 12.9. The molecule has 1 aliphatic carbocycles. The third kappa shape index (κ3) is 10.3. The van der Waals surface area contributed by atoms with Gasteiger partial charge in [0.25, 0.3) is 0 Å². The fourth-order valence-corrected chi connectivity index (χ4v) is 3.78. The number of hydrogen-bond donors (Lipinski definition) is 4. The first-order valence-corrected chi connectivity index (χ1v) is 12.6. The van der Waals surface area contributed by atoms with Gasteiger partial charge in [0.05, 0.1) is 18.8 Å². The van der Waals surface area contributed by atoms with Crippen LogP contribution >= 0.6 is 0 Å². The minimum Gasteiger partial charge on any atom is -0.378 e. The van der Waals surface area contributed by atoms with Crippen molar-refractivity contribution in [1.82, 2.24) is 30.9 Å². The molecule has 0 radical (unpaired) electrons. The second-order valence-electron chi connectivity index (χ2n) is 9.61. The summed E-state index contributed by atoms with van der Waals surface area (Å²) < 4.78 is 6.77. The van der Waals surface area contributed by atoms with Gasteiger partial charge in [0.2, 0.25) is 17.7 Å². The van der Waals surface area contributed by atoms with Gasteiger partial charge in [0.15, 0.2) is 0 Å². The largest absolute Gasteiger partial charge is 0.378 e. The van der Waals surface area contributed by atoms with Crippen LogP contribution in [0.25, 0.3) is 0 Å². The lowest BCUT2D eigenvalue weighted by molar-refractivity contribution is -0.132. The Hall–Kier alpha value is -3.05. The first kappa shape index (κ1) is 29.2. The van der Waals surface area contributed by atoms with Crippen molar-refractivity contribution in [2.24, 2.45) is 17.6 Å². The van der Waals surface area contributed by atoms with Gasteiger partial charge in [-0.25, -0.2) is 0 Å². The number of unbranched alkanes of at least 4 members (excludes halogenated alkanes) is 1. The Morgan fingerprint density at radius 1 is 1.08 bits per heavy atom. The number of rotatable bonds is 16. The third-order valence-corrected chi connectivity index (χ3v) is 5.80. The zero-order valence-corrected chi connectivity index (χ0v) is 21.8. The number of aromatic nitrogens is 3. The SMILES string of the molecule is COCc1cn(CCCC[C@H](N)C(=O)N[C@@H](CC(C)C)C(=O)N[C@@H](C)C(=O)NCC2C=CC=C2)nn1. The topological polar surface area (TPSA) is 153 Å². The molecule has 11 nitrogen and oxygen atoms in total. The van der Waals surface area contributed by atoms with E-state index in [1.165, 1.54) is 0 Å². The monoisotopic (exact) mass is 503 g/mol. The van der Waals surface area contributed by atoms with Gasteiger partial charge in [-0.1, -0.05) is 43.4 Å². The molecule has 0 saturated carbocycles. The molecule has 5 N–H and O–H groups in total. The lowest BCUT2D eigenvalue weighted by atomic mass is 10.0. The summed E-state index contributed by atoms with van der Waals surface area (Å²) in [5.74, 6) is -0.727. The Morgan fingerprint density at radius 3 is 2.47 bits per heavy atom. The molecule has 3 amide bonds. The molecular formula is C25H41N7O4. The molecule has 0 spiro atoms. The fraction of sp³-hybridized carbons (Fsp3) is 0.640. The Balaban J connectivity index is 1.77. The van der Waals surface area contributed by atoms with Crippen molar-refractivity contribution in [2.45, 2.75) is 77.7 Å². The molecule has 0 unspecified atom stereocenters. The average molecular weight is 504 g/mol. The summed E-state index contributed by atoms with van der Waals surface area (Å²) in [6.07, 6.45) is 12.1. The second kappa shape index (κ2) is 15.1. The van der Waals surface area contributed by atoms with Crippen molar-refractivity contribution < 1.29 is 19.1 Å². The minimum absolute atomic E-state index is 0.160. The first-order chi connectivity index (χ1) is 17.2. The summed E-state index contributed by atoms with van der Waals surface area (Å²) in [7, 11) is 1.60. The lowest BCUT2D eigenvalue weighted by Crippen LogP contribution is -2.55. The van der Waals surface area contributed by atoms with E-state index in [4.69, 9.17) is 10.5 Å². The van der Waals surface area contributed by atoms with Crippen molar-refractivity contribution in [3.05, 3.63) is 36.2 Å². The van der Waals surface area contributed by atoms with E-state index in [2.05, 4.69) is 26.3 Å². The highest BCUT2D eigenvalue weighted by atomic mass is 16.5. The molecule has 0 aliphatic heterocycles.